The number of aromatic amines is 1. The Labute approximate surface area is 163 Å². The van der Waals surface area contributed by atoms with Crippen LogP contribution >= 0.6 is 12.6 Å². The molecule has 0 fully saturated rings. The number of carbonyl (C=O) groups excluding carboxylic acids is 2. The minimum atomic E-state index is -0.528. The zero-order valence-electron chi connectivity index (χ0n) is 16.9. The van der Waals surface area contributed by atoms with Crippen LogP contribution in [0.3, 0.4) is 0 Å². The zero-order chi connectivity index (χ0) is 20.5. The van der Waals surface area contributed by atoms with Gasteiger partial charge in [0.05, 0.1) is 6.54 Å². The van der Waals surface area contributed by atoms with Crippen LogP contribution in [0.5, 0.6) is 0 Å². The maximum atomic E-state index is 10.0. The molecule has 1 atom stereocenters. The highest BCUT2D eigenvalue weighted by Crippen LogP contribution is 2.20. The fraction of sp³-hybridized carbons (Fsp3) is 0.500. The lowest BCUT2D eigenvalue weighted by atomic mass is 10.1. The smallest absolute Gasteiger partial charge is 0.236 e. The highest BCUT2D eigenvalue weighted by molar-refractivity contribution is 7.80. The molecule has 0 spiro atoms. The van der Waals surface area contributed by atoms with E-state index in [1.165, 1.54) is 30.2 Å². The van der Waals surface area contributed by atoms with Crippen molar-refractivity contribution in [2.75, 3.05) is 6.54 Å². The van der Waals surface area contributed by atoms with Gasteiger partial charge in [0.2, 0.25) is 11.8 Å². The Morgan fingerprint density at radius 2 is 1.81 bits per heavy atom. The van der Waals surface area contributed by atoms with Crippen LogP contribution < -0.4 is 11.1 Å². The van der Waals surface area contributed by atoms with Crippen molar-refractivity contribution >= 4 is 36.6 Å². The molecule has 1 rings (SSSR count). The first-order valence-corrected chi connectivity index (χ1v) is 9.41. The second-order valence-corrected chi connectivity index (χ2v) is 6.66. The summed E-state index contributed by atoms with van der Waals surface area (Å²) < 4.78 is 0. The molecular formula is C20H35N3O2S. The van der Waals surface area contributed by atoms with Crippen molar-refractivity contribution in [3.8, 4) is 0 Å². The molecule has 1 aromatic heterocycles. The summed E-state index contributed by atoms with van der Waals surface area (Å²) in [5.41, 5.74) is 8.49. The van der Waals surface area contributed by atoms with E-state index in [9.17, 15) is 9.59 Å². The topological polar surface area (TPSA) is 88.0 Å². The minimum absolute atomic E-state index is 0.0741. The summed E-state index contributed by atoms with van der Waals surface area (Å²) in [6.45, 7) is 11.7. The quantitative estimate of drug-likeness (QED) is 0.562. The molecule has 2 amide bonds. The first-order chi connectivity index (χ1) is 12.2. The van der Waals surface area contributed by atoms with Crippen LogP contribution in [0.1, 0.15) is 64.8 Å². The fourth-order valence-electron chi connectivity index (χ4n) is 1.86. The Bertz CT molecular complexity index is 562. The summed E-state index contributed by atoms with van der Waals surface area (Å²) in [5.74, 6) is -0.774. The largest absolute Gasteiger partial charge is 0.368 e. The highest BCUT2D eigenvalue weighted by atomic mass is 32.1. The Kier molecular flexibility index (Phi) is 16.7. The second kappa shape index (κ2) is 16.5. The SMILES string of the molecule is C/C=C\c1[nH]cc(CC(C)S)c1/C=C\C.CC(=O)NCC(N)=O.CCC. The third kappa shape index (κ3) is 14.4. The number of H-pyrrole nitrogens is 1. The van der Waals surface area contributed by atoms with Crippen molar-refractivity contribution in [2.24, 2.45) is 5.73 Å². The number of primary amides is 1. The van der Waals surface area contributed by atoms with Gasteiger partial charge in [-0.25, -0.2) is 0 Å². The van der Waals surface area contributed by atoms with Gasteiger partial charge in [0, 0.05) is 29.6 Å². The summed E-state index contributed by atoms with van der Waals surface area (Å²) >= 11 is 4.43. The average molecular weight is 382 g/mol. The molecule has 0 aliphatic carbocycles. The third-order valence-electron chi connectivity index (χ3n) is 2.73. The van der Waals surface area contributed by atoms with Gasteiger partial charge in [-0.2, -0.15) is 12.6 Å². The van der Waals surface area contributed by atoms with Gasteiger partial charge in [0.25, 0.3) is 0 Å². The second-order valence-electron chi connectivity index (χ2n) is 5.78. The molecule has 0 bridgehead atoms. The molecule has 148 valence electrons. The maximum Gasteiger partial charge on any atom is 0.236 e. The van der Waals surface area contributed by atoms with E-state index < -0.39 is 5.91 Å². The number of hydrogen-bond acceptors (Lipinski definition) is 3. The van der Waals surface area contributed by atoms with Crippen molar-refractivity contribution in [3.63, 3.8) is 0 Å². The first-order valence-electron chi connectivity index (χ1n) is 8.89. The molecule has 6 heteroatoms. The molecule has 0 aliphatic heterocycles. The number of thiol groups is 1. The monoisotopic (exact) mass is 381 g/mol. The molecule has 26 heavy (non-hydrogen) atoms. The lowest BCUT2D eigenvalue weighted by molar-refractivity contribution is -0.123. The number of carbonyl (C=O) groups is 2. The lowest BCUT2D eigenvalue weighted by Crippen LogP contribution is -2.31. The van der Waals surface area contributed by atoms with Crippen molar-refractivity contribution in [2.45, 2.75) is 59.6 Å². The molecule has 5 nitrogen and oxygen atoms in total. The molecule has 1 aromatic rings. The van der Waals surface area contributed by atoms with E-state index in [1.807, 2.05) is 19.9 Å². The van der Waals surface area contributed by atoms with Crippen molar-refractivity contribution < 1.29 is 9.59 Å². The molecule has 0 saturated heterocycles. The predicted octanol–water partition coefficient (Wildman–Crippen LogP) is 3.97. The summed E-state index contributed by atoms with van der Waals surface area (Å²) in [4.78, 5) is 23.2. The Morgan fingerprint density at radius 1 is 1.27 bits per heavy atom. The van der Waals surface area contributed by atoms with Gasteiger partial charge >= 0.3 is 0 Å². The Morgan fingerprint density at radius 3 is 2.15 bits per heavy atom. The maximum absolute atomic E-state index is 10.0. The summed E-state index contributed by atoms with van der Waals surface area (Å²) in [7, 11) is 0. The number of allylic oxidation sites excluding steroid dienone is 2. The van der Waals surface area contributed by atoms with Crippen LogP contribution in [-0.2, 0) is 16.0 Å². The lowest BCUT2D eigenvalue weighted by Gasteiger charge is -2.03. The predicted molar refractivity (Wildman–Crippen MR) is 116 cm³/mol. The van der Waals surface area contributed by atoms with Gasteiger partial charge in [-0.05, 0) is 31.9 Å². The number of rotatable bonds is 6. The number of aromatic nitrogens is 1. The van der Waals surface area contributed by atoms with E-state index in [2.05, 4.69) is 73.9 Å². The van der Waals surface area contributed by atoms with Gasteiger partial charge in [-0.1, -0.05) is 45.4 Å². The Balaban J connectivity index is 0. The molecule has 0 aromatic carbocycles. The fourth-order valence-corrected chi connectivity index (χ4v) is 2.06. The van der Waals surface area contributed by atoms with Crippen LogP contribution in [0, 0.1) is 0 Å². The molecule has 0 saturated carbocycles. The van der Waals surface area contributed by atoms with Crippen molar-refractivity contribution in [1.29, 1.82) is 0 Å². The van der Waals surface area contributed by atoms with Gasteiger partial charge < -0.3 is 16.0 Å². The summed E-state index contributed by atoms with van der Waals surface area (Å²) in [6, 6.07) is 0. The average Bonchev–Trinajstić information content (AvgIpc) is 2.89. The molecule has 1 unspecified atom stereocenters. The molecule has 1 heterocycles. The van der Waals surface area contributed by atoms with Crippen LogP contribution in [0.2, 0.25) is 0 Å². The molecule has 0 radical (unpaired) electrons. The summed E-state index contributed by atoms with van der Waals surface area (Å²) in [6.07, 6.45) is 12.7. The normalized spacial score (nSPS) is 11.3. The Hall–Kier alpha value is -1.95. The van der Waals surface area contributed by atoms with Gasteiger partial charge in [-0.15, -0.1) is 0 Å². The van der Waals surface area contributed by atoms with Gasteiger partial charge in [0.1, 0.15) is 0 Å². The van der Waals surface area contributed by atoms with Crippen LogP contribution in [0.4, 0.5) is 0 Å². The molecular weight excluding hydrogens is 346 g/mol. The van der Waals surface area contributed by atoms with Gasteiger partial charge in [0.15, 0.2) is 0 Å². The number of amides is 2. The van der Waals surface area contributed by atoms with Gasteiger partial charge in [-0.3, -0.25) is 9.59 Å². The van der Waals surface area contributed by atoms with E-state index in [1.54, 1.807) is 0 Å². The van der Waals surface area contributed by atoms with E-state index in [4.69, 9.17) is 0 Å². The number of nitrogens with two attached hydrogens (primary N) is 1. The van der Waals surface area contributed by atoms with E-state index in [0.717, 1.165) is 6.42 Å². The van der Waals surface area contributed by atoms with Crippen molar-refractivity contribution in [3.05, 3.63) is 35.2 Å². The van der Waals surface area contributed by atoms with E-state index in [0.29, 0.717) is 5.25 Å². The molecule has 4 N–H and O–H groups in total. The van der Waals surface area contributed by atoms with Crippen LogP contribution in [-0.4, -0.2) is 28.6 Å². The van der Waals surface area contributed by atoms with Crippen LogP contribution in [0.25, 0.3) is 12.2 Å². The van der Waals surface area contributed by atoms with E-state index >= 15 is 0 Å². The number of hydrogen-bond donors (Lipinski definition) is 4. The zero-order valence-corrected chi connectivity index (χ0v) is 17.8. The molecule has 0 aliphatic rings. The van der Waals surface area contributed by atoms with Crippen LogP contribution in [0.15, 0.2) is 18.3 Å². The first kappa shape index (κ1) is 26.3. The number of nitrogens with one attached hydrogen (secondary N) is 2. The summed E-state index contributed by atoms with van der Waals surface area (Å²) in [5, 5.41) is 2.62. The third-order valence-corrected chi connectivity index (χ3v) is 2.91. The van der Waals surface area contributed by atoms with E-state index in [-0.39, 0.29) is 12.5 Å². The van der Waals surface area contributed by atoms with Crippen molar-refractivity contribution in [1.82, 2.24) is 10.3 Å². The minimum Gasteiger partial charge on any atom is -0.368 e. The highest BCUT2D eigenvalue weighted by Gasteiger charge is 2.08. The standard InChI is InChI=1S/C13H19NS.C4H8N2O2.C3H8/c1-4-6-12-11(8-10(3)15)9-14-13(12)7-5-2;1-3(7)6-2-4(5)8;1-3-2/h4-7,9-10,14-15H,8H2,1-3H3;2H2,1H3,(H2,5,8)(H,6,7);3H2,1-2H3/b6-4-,7-5-;;.